The average molecular weight is 415 g/mol. The molecule has 0 radical (unpaired) electrons. The van der Waals surface area contributed by atoms with Crippen molar-refractivity contribution in [2.75, 3.05) is 19.0 Å². The second kappa shape index (κ2) is 8.87. The number of nitrogens with one attached hydrogen (secondary N) is 2. The quantitative estimate of drug-likeness (QED) is 0.451. The molecule has 0 saturated carbocycles. The minimum atomic E-state index is -0.721. The third kappa shape index (κ3) is 4.08. The van der Waals surface area contributed by atoms with E-state index < -0.39 is 17.7 Å². The van der Waals surface area contributed by atoms with Crippen LogP contribution in [0, 0.1) is 5.82 Å². The maximum absolute atomic E-state index is 14.0. The molecule has 9 nitrogen and oxygen atoms in total. The van der Waals surface area contributed by atoms with Crippen molar-refractivity contribution < 1.29 is 23.6 Å². The Morgan fingerprint density at radius 3 is 2.70 bits per heavy atom. The largest absolute Gasteiger partial charge is 0.462 e. The van der Waals surface area contributed by atoms with Gasteiger partial charge in [0.15, 0.2) is 5.82 Å². The van der Waals surface area contributed by atoms with E-state index in [2.05, 4.69) is 25.7 Å². The summed E-state index contributed by atoms with van der Waals surface area (Å²) in [6.07, 6.45) is 2.92. The monoisotopic (exact) mass is 415 g/mol. The molecule has 0 aliphatic carbocycles. The van der Waals surface area contributed by atoms with E-state index in [-0.39, 0.29) is 18.1 Å². The lowest BCUT2D eigenvalue weighted by Gasteiger charge is -2.12. The molecule has 2 heterocycles. The van der Waals surface area contributed by atoms with E-state index in [1.165, 1.54) is 25.6 Å². The van der Waals surface area contributed by atoms with E-state index >= 15 is 0 Å². The number of fused-ring (bicyclic) bond motifs is 1. The van der Waals surface area contributed by atoms with Gasteiger partial charge in [-0.3, -0.25) is 9.63 Å². The van der Waals surface area contributed by atoms with Crippen LogP contribution in [-0.4, -0.2) is 40.2 Å². The van der Waals surface area contributed by atoms with Crippen LogP contribution < -0.4 is 10.8 Å². The fraction of sp³-hybridized carbons (Fsp3) is 0.300. The molecule has 158 valence electrons. The molecule has 2 N–H and O–H groups in total. The second-order valence-corrected chi connectivity index (χ2v) is 6.69. The Balaban J connectivity index is 2.08. The van der Waals surface area contributed by atoms with Crippen molar-refractivity contribution in [1.82, 2.24) is 20.1 Å². The Morgan fingerprint density at radius 2 is 2.03 bits per heavy atom. The minimum Gasteiger partial charge on any atom is -0.462 e. The number of esters is 1. The number of benzene rings is 1. The highest BCUT2D eigenvalue weighted by Gasteiger charge is 2.24. The first kappa shape index (κ1) is 21.2. The van der Waals surface area contributed by atoms with Crippen molar-refractivity contribution in [2.24, 2.45) is 0 Å². The van der Waals surface area contributed by atoms with E-state index in [1.807, 2.05) is 13.8 Å². The van der Waals surface area contributed by atoms with Gasteiger partial charge in [-0.25, -0.2) is 24.2 Å². The number of aromatic nitrogens is 3. The number of hydroxylamine groups is 1. The first-order chi connectivity index (χ1) is 14.4. The lowest BCUT2D eigenvalue weighted by atomic mass is 10.00. The Hall–Kier alpha value is -3.53. The lowest BCUT2D eigenvalue weighted by Crippen LogP contribution is -2.23. The fourth-order valence-corrected chi connectivity index (χ4v) is 3.14. The van der Waals surface area contributed by atoms with Crippen LogP contribution in [0.2, 0.25) is 0 Å². The molecule has 10 heteroatoms. The SMILES string of the molecule is CCOC(=O)c1cn2ncnc(Nc3ccc(F)c(C(=O)NOC)c3)c2c1C(C)C. The number of carbonyl (C=O) groups excluding carboxylic acids is 2. The van der Waals surface area contributed by atoms with E-state index in [0.717, 1.165) is 11.6 Å². The van der Waals surface area contributed by atoms with E-state index in [9.17, 15) is 14.0 Å². The number of ether oxygens (including phenoxy) is 1. The molecule has 0 spiro atoms. The van der Waals surface area contributed by atoms with Gasteiger partial charge in [0.1, 0.15) is 17.7 Å². The highest BCUT2D eigenvalue weighted by molar-refractivity contribution is 5.97. The van der Waals surface area contributed by atoms with Crippen LogP contribution in [0.25, 0.3) is 5.52 Å². The van der Waals surface area contributed by atoms with Crippen molar-refractivity contribution in [2.45, 2.75) is 26.7 Å². The van der Waals surface area contributed by atoms with Gasteiger partial charge in [-0.2, -0.15) is 5.10 Å². The van der Waals surface area contributed by atoms with Gasteiger partial charge in [-0.1, -0.05) is 13.8 Å². The lowest BCUT2D eigenvalue weighted by molar-refractivity contribution is 0.0521. The number of hydrogen-bond acceptors (Lipinski definition) is 7. The van der Waals surface area contributed by atoms with Gasteiger partial charge in [0.05, 0.1) is 24.8 Å². The molecule has 30 heavy (non-hydrogen) atoms. The summed E-state index contributed by atoms with van der Waals surface area (Å²) in [6.45, 7) is 5.88. The van der Waals surface area contributed by atoms with E-state index in [4.69, 9.17) is 4.74 Å². The summed E-state index contributed by atoms with van der Waals surface area (Å²) in [5.41, 5.74) is 4.02. The molecule has 3 rings (SSSR count). The predicted molar refractivity (Wildman–Crippen MR) is 107 cm³/mol. The summed E-state index contributed by atoms with van der Waals surface area (Å²) in [6, 6.07) is 3.98. The van der Waals surface area contributed by atoms with Crippen molar-refractivity contribution in [1.29, 1.82) is 0 Å². The predicted octanol–water partition coefficient (Wildman–Crippen LogP) is 3.20. The Morgan fingerprint density at radius 1 is 1.27 bits per heavy atom. The highest BCUT2D eigenvalue weighted by Crippen LogP contribution is 2.32. The summed E-state index contributed by atoms with van der Waals surface area (Å²) in [5, 5.41) is 7.27. The topological polar surface area (TPSA) is 107 Å². The van der Waals surface area contributed by atoms with Gasteiger partial charge >= 0.3 is 5.97 Å². The Bertz CT molecular complexity index is 1100. The van der Waals surface area contributed by atoms with Gasteiger partial charge in [0.25, 0.3) is 5.91 Å². The van der Waals surface area contributed by atoms with Crippen LogP contribution in [0.5, 0.6) is 0 Å². The molecular weight excluding hydrogens is 393 g/mol. The zero-order valence-electron chi connectivity index (χ0n) is 17.0. The number of anilines is 2. The summed E-state index contributed by atoms with van der Waals surface area (Å²) in [7, 11) is 1.26. The van der Waals surface area contributed by atoms with Gasteiger partial charge in [0.2, 0.25) is 0 Å². The maximum Gasteiger partial charge on any atom is 0.340 e. The first-order valence-corrected chi connectivity index (χ1v) is 9.30. The average Bonchev–Trinajstić information content (AvgIpc) is 3.11. The van der Waals surface area contributed by atoms with Crippen molar-refractivity contribution in [3.63, 3.8) is 0 Å². The van der Waals surface area contributed by atoms with Crippen LogP contribution in [0.4, 0.5) is 15.9 Å². The third-order valence-electron chi connectivity index (χ3n) is 4.35. The molecule has 1 aromatic carbocycles. The first-order valence-electron chi connectivity index (χ1n) is 9.30. The standard InChI is InChI=1S/C20H22FN5O4/c1-5-30-20(28)14-9-26-17(16(14)11(2)3)18(22-10-23-26)24-12-6-7-15(21)13(8-12)19(27)25-29-4/h6-11H,5H2,1-4H3,(H,25,27)(H,22,23,24). The van der Waals surface area contributed by atoms with Gasteiger partial charge in [-0.05, 0) is 31.0 Å². The molecule has 0 aliphatic rings. The van der Waals surface area contributed by atoms with Crippen LogP contribution in [0.3, 0.4) is 0 Å². The zero-order valence-corrected chi connectivity index (χ0v) is 17.0. The number of amides is 1. The molecular formula is C20H22FN5O4. The Labute approximate surface area is 172 Å². The van der Waals surface area contributed by atoms with Gasteiger partial charge < -0.3 is 10.1 Å². The van der Waals surface area contributed by atoms with Crippen LogP contribution in [0.15, 0.2) is 30.7 Å². The van der Waals surface area contributed by atoms with Crippen LogP contribution in [0.1, 0.15) is 53.0 Å². The van der Waals surface area contributed by atoms with E-state index in [1.54, 1.807) is 17.6 Å². The summed E-state index contributed by atoms with van der Waals surface area (Å²) in [5.74, 6) is -1.50. The van der Waals surface area contributed by atoms with Gasteiger partial charge in [0, 0.05) is 17.4 Å². The summed E-state index contributed by atoms with van der Waals surface area (Å²) in [4.78, 5) is 33.3. The number of rotatable bonds is 7. The summed E-state index contributed by atoms with van der Waals surface area (Å²) < 4.78 is 20.8. The fourth-order valence-electron chi connectivity index (χ4n) is 3.14. The van der Waals surface area contributed by atoms with Crippen molar-refractivity contribution in [3.8, 4) is 0 Å². The molecule has 0 atom stereocenters. The number of halogens is 1. The van der Waals surface area contributed by atoms with Gasteiger partial charge in [-0.15, -0.1) is 0 Å². The second-order valence-electron chi connectivity index (χ2n) is 6.69. The maximum atomic E-state index is 14.0. The molecule has 0 aliphatic heterocycles. The molecule has 0 unspecified atom stereocenters. The zero-order chi connectivity index (χ0) is 21.8. The molecule has 2 aromatic heterocycles. The van der Waals surface area contributed by atoms with Crippen molar-refractivity contribution in [3.05, 3.63) is 53.2 Å². The molecule has 0 saturated heterocycles. The number of hydrogen-bond donors (Lipinski definition) is 2. The Kier molecular flexibility index (Phi) is 6.26. The number of nitrogens with zero attached hydrogens (tertiary/aromatic N) is 3. The van der Waals surface area contributed by atoms with Crippen LogP contribution in [-0.2, 0) is 9.57 Å². The normalized spacial score (nSPS) is 11.0. The van der Waals surface area contributed by atoms with Crippen LogP contribution >= 0.6 is 0 Å². The van der Waals surface area contributed by atoms with E-state index in [0.29, 0.717) is 22.6 Å². The molecule has 0 bridgehead atoms. The minimum absolute atomic E-state index is 0.0304. The smallest absolute Gasteiger partial charge is 0.340 e. The molecule has 0 fully saturated rings. The third-order valence-corrected chi connectivity index (χ3v) is 4.35. The number of carbonyl (C=O) groups is 2. The highest BCUT2D eigenvalue weighted by atomic mass is 19.1. The molecule has 3 aromatic rings. The van der Waals surface area contributed by atoms with Crippen molar-refractivity contribution >= 4 is 28.9 Å². The molecule has 1 amide bonds. The summed E-state index contributed by atoms with van der Waals surface area (Å²) >= 11 is 0.